The van der Waals surface area contributed by atoms with Crippen LogP contribution < -0.4 is 0 Å². The smallest absolute Gasteiger partial charge is 0.327 e. The third-order valence-corrected chi connectivity index (χ3v) is 5.48. The second-order valence-electron chi connectivity index (χ2n) is 5.69. The van der Waals surface area contributed by atoms with Crippen molar-refractivity contribution in [1.82, 2.24) is 4.90 Å². The minimum atomic E-state index is -0.873. The van der Waals surface area contributed by atoms with Gasteiger partial charge in [0.15, 0.2) is 0 Å². The number of nitrogens with zero attached hydrogens (tertiary/aromatic N) is 1. The van der Waals surface area contributed by atoms with Gasteiger partial charge in [-0.3, -0.25) is 4.79 Å². The Hall–Kier alpha value is -0.710. The van der Waals surface area contributed by atoms with E-state index in [0.29, 0.717) is 11.7 Å². The third-order valence-electron chi connectivity index (χ3n) is 3.86. The zero-order valence-corrected chi connectivity index (χ0v) is 11.9. The molecule has 1 heterocycles. The number of amides is 1. The van der Waals surface area contributed by atoms with E-state index in [1.54, 1.807) is 16.7 Å². The van der Waals surface area contributed by atoms with Crippen LogP contribution >= 0.6 is 11.8 Å². The lowest BCUT2D eigenvalue weighted by molar-refractivity contribution is -0.151. The molecule has 18 heavy (non-hydrogen) atoms. The highest BCUT2D eigenvalue weighted by molar-refractivity contribution is 8.00. The fourth-order valence-electron chi connectivity index (χ4n) is 2.54. The molecule has 1 amide bonds. The molecule has 2 rings (SSSR count). The fraction of sp³-hybridized carbons (Fsp3) is 0.846. The minimum Gasteiger partial charge on any atom is -0.480 e. The molecule has 1 aliphatic heterocycles. The van der Waals surface area contributed by atoms with E-state index in [2.05, 4.69) is 0 Å². The topological polar surface area (TPSA) is 57.6 Å². The van der Waals surface area contributed by atoms with Crippen LogP contribution in [0.15, 0.2) is 0 Å². The van der Waals surface area contributed by atoms with E-state index < -0.39 is 12.0 Å². The summed E-state index contributed by atoms with van der Waals surface area (Å²) in [6.07, 6.45) is 2.22. The van der Waals surface area contributed by atoms with Gasteiger partial charge in [0.2, 0.25) is 5.91 Å². The maximum atomic E-state index is 12.5. The highest BCUT2D eigenvalue weighted by Crippen LogP contribution is 2.41. The van der Waals surface area contributed by atoms with Gasteiger partial charge < -0.3 is 10.0 Å². The van der Waals surface area contributed by atoms with Crippen LogP contribution in [0.5, 0.6) is 0 Å². The number of carbonyl (C=O) groups excluding carboxylic acids is 1. The number of carboxylic acids is 1. The van der Waals surface area contributed by atoms with Crippen molar-refractivity contribution in [2.75, 3.05) is 5.75 Å². The molecular weight excluding hydrogens is 250 g/mol. The molecule has 0 aromatic carbocycles. The van der Waals surface area contributed by atoms with Crippen molar-refractivity contribution in [3.63, 3.8) is 0 Å². The van der Waals surface area contributed by atoms with Gasteiger partial charge in [0, 0.05) is 11.7 Å². The molecule has 1 saturated heterocycles. The molecule has 1 aliphatic carbocycles. The fourth-order valence-corrected chi connectivity index (χ4v) is 4.02. The number of hydrogen-bond donors (Lipinski definition) is 1. The normalized spacial score (nSPS) is 29.7. The van der Waals surface area contributed by atoms with Crippen molar-refractivity contribution in [2.45, 2.75) is 45.0 Å². The van der Waals surface area contributed by atoms with Crippen molar-refractivity contribution in [1.29, 1.82) is 0 Å². The zero-order chi connectivity index (χ0) is 13.4. The molecule has 0 aromatic rings. The number of carbonyl (C=O) groups is 2. The van der Waals surface area contributed by atoms with Gasteiger partial charge in [-0.2, -0.15) is 0 Å². The molecule has 0 spiro atoms. The van der Waals surface area contributed by atoms with Crippen molar-refractivity contribution in [3.05, 3.63) is 0 Å². The first-order valence-electron chi connectivity index (χ1n) is 6.60. The lowest BCUT2D eigenvalue weighted by atomic mass is 10.0. The molecule has 102 valence electrons. The van der Waals surface area contributed by atoms with Gasteiger partial charge >= 0.3 is 5.97 Å². The largest absolute Gasteiger partial charge is 0.480 e. The Morgan fingerprint density at radius 3 is 2.33 bits per heavy atom. The Kier molecular flexibility index (Phi) is 3.90. The Morgan fingerprint density at radius 2 is 1.89 bits per heavy atom. The summed E-state index contributed by atoms with van der Waals surface area (Å²) >= 11 is 1.60. The van der Waals surface area contributed by atoms with Crippen LogP contribution in [0.4, 0.5) is 0 Å². The van der Waals surface area contributed by atoms with Crippen molar-refractivity contribution in [2.24, 2.45) is 17.8 Å². The average molecular weight is 271 g/mol. The van der Waals surface area contributed by atoms with Gasteiger partial charge in [-0.1, -0.05) is 20.8 Å². The van der Waals surface area contributed by atoms with Crippen molar-refractivity contribution in [3.8, 4) is 0 Å². The summed E-state index contributed by atoms with van der Waals surface area (Å²) in [5.74, 6) is 0.420. The Labute approximate surface area is 112 Å². The number of hydrogen-bond acceptors (Lipinski definition) is 3. The van der Waals surface area contributed by atoms with Crippen LogP contribution in [-0.4, -0.2) is 39.1 Å². The van der Waals surface area contributed by atoms with Crippen LogP contribution in [0.1, 0.15) is 33.6 Å². The summed E-state index contributed by atoms with van der Waals surface area (Å²) in [7, 11) is 0. The van der Waals surface area contributed by atoms with E-state index in [1.807, 2.05) is 20.8 Å². The molecule has 0 radical (unpaired) electrons. The van der Waals surface area contributed by atoms with E-state index >= 15 is 0 Å². The predicted octanol–water partition coefficient (Wildman–Crippen LogP) is 2.04. The van der Waals surface area contributed by atoms with Gasteiger partial charge in [-0.25, -0.2) is 4.79 Å². The molecule has 2 fully saturated rings. The predicted molar refractivity (Wildman–Crippen MR) is 71.2 cm³/mol. The monoisotopic (exact) mass is 271 g/mol. The van der Waals surface area contributed by atoms with Gasteiger partial charge in [0.05, 0.1) is 5.37 Å². The first kappa shape index (κ1) is 13.7. The number of thioether (sulfide) groups is 1. The van der Waals surface area contributed by atoms with Crippen LogP contribution in [0.25, 0.3) is 0 Å². The molecule has 1 saturated carbocycles. The summed E-state index contributed by atoms with van der Waals surface area (Å²) in [5, 5.41) is 9.27. The highest BCUT2D eigenvalue weighted by atomic mass is 32.2. The van der Waals surface area contributed by atoms with Crippen LogP contribution in [0.2, 0.25) is 0 Å². The quantitative estimate of drug-likeness (QED) is 0.850. The molecule has 2 aliphatic rings. The van der Waals surface area contributed by atoms with Gasteiger partial charge in [-0.15, -0.1) is 11.8 Å². The van der Waals surface area contributed by atoms with E-state index in [1.165, 1.54) is 0 Å². The standard InChI is InChI=1S/C13H21NO3S/c1-7(2)12-14(10(6-18-12)13(16)17)11(15)8(3)9-4-5-9/h7-10,12H,4-6H2,1-3H3,(H,16,17). The van der Waals surface area contributed by atoms with E-state index in [0.717, 1.165) is 12.8 Å². The third kappa shape index (κ3) is 2.51. The lowest BCUT2D eigenvalue weighted by Crippen LogP contribution is -2.49. The second-order valence-corrected chi connectivity index (χ2v) is 6.84. The SMILES string of the molecule is CC(C)C1SCC(C(=O)O)N1C(=O)C(C)C1CC1. The van der Waals surface area contributed by atoms with Crippen LogP contribution in [0, 0.1) is 17.8 Å². The lowest BCUT2D eigenvalue weighted by Gasteiger charge is -2.32. The molecular formula is C13H21NO3S. The molecule has 0 bridgehead atoms. The molecule has 3 atom stereocenters. The zero-order valence-electron chi connectivity index (χ0n) is 11.1. The minimum absolute atomic E-state index is 0.0137. The molecule has 5 heteroatoms. The van der Waals surface area contributed by atoms with Gasteiger partial charge in [0.1, 0.15) is 6.04 Å². The van der Waals surface area contributed by atoms with Crippen LogP contribution in [-0.2, 0) is 9.59 Å². The van der Waals surface area contributed by atoms with E-state index in [-0.39, 0.29) is 23.1 Å². The van der Waals surface area contributed by atoms with E-state index in [9.17, 15) is 14.7 Å². The first-order valence-corrected chi connectivity index (χ1v) is 7.65. The van der Waals surface area contributed by atoms with Gasteiger partial charge in [0.25, 0.3) is 0 Å². The maximum Gasteiger partial charge on any atom is 0.327 e. The molecule has 0 aromatic heterocycles. The second kappa shape index (κ2) is 5.11. The Morgan fingerprint density at radius 1 is 1.28 bits per heavy atom. The number of rotatable bonds is 4. The van der Waals surface area contributed by atoms with E-state index in [4.69, 9.17) is 0 Å². The molecule has 1 N–H and O–H groups in total. The number of aliphatic carboxylic acids is 1. The highest BCUT2D eigenvalue weighted by Gasteiger charge is 2.46. The van der Waals surface area contributed by atoms with Crippen molar-refractivity contribution >= 4 is 23.6 Å². The molecule has 4 nitrogen and oxygen atoms in total. The number of carboxylic acid groups (broad SMARTS) is 1. The summed E-state index contributed by atoms with van der Waals surface area (Å²) in [6.45, 7) is 6.03. The van der Waals surface area contributed by atoms with Gasteiger partial charge in [-0.05, 0) is 24.7 Å². The van der Waals surface area contributed by atoms with Crippen LogP contribution in [0.3, 0.4) is 0 Å². The Bertz CT molecular complexity index is 354. The first-order chi connectivity index (χ1) is 8.43. The summed E-state index contributed by atoms with van der Waals surface area (Å²) in [5.41, 5.74) is 0. The summed E-state index contributed by atoms with van der Waals surface area (Å²) < 4.78 is 0. The molecule has 3 unspecified atom stereocenters. The average Bonchev–Trinajstić information content (AvgIpc) is 3.04. The summed E-state index contributed by atoms with van der Waals surface area (Å²) in [4.78, 5) is 25.4. The Balaban J connectivity index is 2.17. The maximum absolute atomic E-state index is 12.5. The summed E-state index contributed by atoms with van der Waals surface area (Å²) in [6, 6.07) is -0.643. The van der Waals surface area contributed by atoms with Crippen molar-refractivity contribution < 1.29 is 14.7 Å².